The zero-order valence-corrected chi connectivity index (χ0v) is 14.7. The molecule has 0 spiro atoms. The molecule has 0 bridgehead atoms. The molecule has 1 atom stereocenters. The van der Waals surface area contributed by atoms with E-state index in [0.717, 1.165) is 43.4 Å². The average molecular weight is 332 g/mol. The monoisotopic (exact) mass is 332 g/mol. The van der Waals surface area contributed by atoms with Gasteiger partial charge in [0.15, 0.2) is 0 Å². The third-order valence-corrected chi connectivity index (χ3v) is 4.27. The molecule has 2 amide bonds. The van der Waals surface area contributed by atoms with Crippen LogP contribution in [0, 0.1) is 13.8 Å². The summed E-state index contributed by atoms with van der Waals surface area (Å²) < 4.78 is 5.79. The van der Waals surface area contributed by atoms with Gasteiger partial charge < -0.3 is 15.4 Å². The van der Waals surface area contributed by atoms with Gasteiger partial charge >= 0.3 is 0 Å². The van der Waals surface area contributed by atoms with Gasteiger partial charge in [0.05, 0.1) is 6.61 Å². The maximum absolute atomic E-state index is 12.0. The van der Waals surface area contributed by atoms with Gasteiger partial charge in [0.25, 0.3) is 0 Å². The molecular weight excluding hydrogens is 304 g/mol. The minimum atomic E-state index is -0.369. The number of nitrogens with one attached hydrogen (secondary N) is 2. The largest absolute Gasteiger partial charge is 0.493 e. The number of amides is 2. The molecule has 1 aliphatic heterocycles. The van der Waals surface area contributed by atoms with Crippen LogP contribution in [0.3, 0.4) is 0 Å². The second-order valence-electron chi connectivity index (χ2n) is 6.48. The number of carbonyl (C=O) groups is 2. The standard InChI is InChI=1S/C19H28N2O3/c1-14-9-10-15(2)17(13-14)24-12-6-4-8-18(22)21-16-7-3-5-11-20-19(16)23/h9-10,13,16H,3-8,11-12H2,1-2H3,(H,20,23)(H,21,22). The Morgan fingerprint density at radius 1 is 1.29 bits per heavy atom. The lowest BCUT2D eigenvalue weighted by atomic mass is 10.1. The molecule has 5 nitrogen and oxygen atoms in total. The first-order valence-corrected chi connectivity index (χ1v) is 8.83. The Balaban J connectivity index is 1.64. The molecule has 1 fully saturated rings. The highest BCUT2D eigenvalue weighted by Gasteiger charge is 2.21. The van der Waals surface area contributed by atoms with Crippen LogP contribution in [0.2, 0.25) is 0 Å². The van der Waals surface area contributed by atoms with Crippen LogP contribution in [0.1, 0.15) is 49.7 Å². The van der Waals surface area contributed by atoms with Gasteiger partial charge in [0, 0.05) is 13.0 Å². The minimum absolute atomic E-state index is 0.0520. The van der Waals surface area contributed by atoms with Crippen LogP contribution in [0.5, 0.6) is 5.75 Å². The van der Waals surface area contributed by atoms with Crippen molar-refractivity contribution in [2.24, 2.45) is 0 Å². The van der Waals surface area contributed by atoms with Crippen molar-refractivity contribution in [2.75, 3.05) is 13.2 Å². The van der Waals surface area contributed by atoms with Crippen LogP contribution in [0.25, 0.3) is 0 Å². The summed E-state index contributed by atoms with van der Waals surface area (Å²) >= 11 is 0. The molecule has 24 heavy (non-hydrogen) atoms. The molecule has 0 saturated carbocycles. The van der Waals surface area contributed by atoms with Crippen molar-refractivity contribution in [3.8, 4) is 5.75 Å². The topological polar surface area (TPSA) is 67.4 Å². The van der Waals surface area contributed by atoms with E-state index in [1.54, 1.807) is 0 Å². The first kappa shape index (κ1) is 18.3. The Morgan fingerprint density at radius 2 is 2.12 bits per heavy atom. The summed E-state index contributed by atoms with van der Waals surface area (Å²) in [7, 11) is 0. The van der Waals surface area contributed by atoms with E-state index >= 15 is 0 Å². The summed E-state index contributed by atoms with van der Waals surface area (Å²) in [5, 5.41) is 5.67. The van der Waals surface area contributed by atoms with Crippen molar-refractivity contribution in [3.05, 3.63) is 29.3 Å². The lowest BCUT2D eigenvalue weighted by Gasteiger charge is -2.15. The van der Waals surface area contributed by atoms with Gasteiger partial charge in [-0.15, -0.1) is 0 Å². The smallest absolute Gasteiger partial charge is 0.242 e. The molecule has 2 N–H and O–H groups in total. The van der Waals surface area contributed by atoms with E-state index in [4.69, 9.17) is 4.74 Å². The van der Waals surface area contributed by atoms with E-state index in [0.29, 0.717) is 19.6 Å². The molecule has 0 radical (unpaired) electrons. The normalized spacial score (nSPS) is 17.8. The maximum Gasteiger partial charge on any atom is 0.242 e. The van der Waals surface area contributed by atoms with Crippen molar-refractivity contribution in [1.82, 2.24) is 10.6 Å². The highest BCUT2D eigenvalue weighted by atomic mass is 16.5. The van der Waals surface area contributed by atoms with E-state index in [1.165, 1.54) is 5.56 Å². The number of benzene rings is 1. The van der Waals surface area contributed by atoms with E-state index in [9.17, 15) is 9.59 Å². The summed E-state index contributed by atoms with van der Waals surface area (Å²) in [6.45, 7) is 5.38. The van der Waals surface area contributed by atoms with Crippen LogP contribution < -0.4 is 15.4 Å². The number of carbonyl (C=O) groups excluding carboxylic acids is 2. The first-order valence-electron chi connectivity index (χ1n) is 8.83. The Bertz CT molecular complexity index is 572. The molecule has 0 aliphatic carbocycles. The number of ether oxygens (including phenoxy) is 1. The van der Waals surface area contributed by atoms with Gasteiger partial charge in [-0.3, -0.25) is 9.59 Å². The number of hydrogen-bond acceptors (Lipinski definition) is 3. The van der Waals surface area contributed by atoms with E-state index in [2.05, 4.69) is 22.8 Å². The van der Waals surface area contributed by atoms with Crippen LogP contribution >= 0.6 is 0 Å². The summed E-state index contributed by atoms with van der Waals surface area (Å²) in [5.41, 5.74) is 2.30. The lowest BCUT2D eigenvalue weighted by Crippen LogP contribution is -2.45. The quantitative estimate of drug-likeness (QED) is 0.754. The Morgan fingerprint density at radius 3 is 2.96 bits per heavy atom. The van der Waals surface area contributed by atoms with Gasteiger partial charge in [-0.2, -0.15) is 0 Å². The van der Waals surface area contributed by atoms with Gasteiger partial charge in [0.2, 0.25) is 11.8 Å². The predicted molar refractivity (Wildman–Crippen MR) is 94.1 cm³/mol. The SMILES string of the molecule is Cc1ccc(C)c(OCCCCC(=O)NC2CCCCNC2=O)c1. The summed E-state index contributed by atoms with van der Waals surface area (Å²) in [4.78, 5) is 23.8. The Labute approximate surface area is 144 Å². The fourth-order valence-electron chi connectivity index (χ4n) is 2.78. The van der Waals surface area contributed by atoms with E-state index < -0.39 is 0 Å². The zero-order chi connectivity index (χ0) is 17.4. The number of aryl methyl sites for hydroxylation is 2. The van der Waals surface area contributed by atoms with Crippen molar-refractivity contribution in [2.45, 2.75) is 58.4 Å². The van der Waals surface area contributed by atoms with Gasteiger partial charge in [0.1, 0.15) is 11.8 Å². The van der Waals surface area contributed by atoms with Gasteiger partial charge in [-0.25, -0.2) is 0 Å². The lowest BCUT2D eigenvalue weighted by molar-refractivity contribution is -0.128. The van der Waals surface area contributed by atoms with Crippen molar-refractivity contribution < 1.29 is 14.3 Å². The van der Waals surface area contributed by atoms with E-state index in [-0.39, 0.29) is 17.9 Å². The molecular formula is C19H28N2O3. The fraction of sp³-hybridized carbons (Fsp3) is 0.579. The molecule has 1 heterocycles. The molecule has 2 rings (SSSR count). The highest BCUT2D eigenvalue weighted by molar-refractivity contribution is 5.87. The van der Waals surface area contributed by atoms with Crippen LogP contribution in [-0.4, -0.2) is 31.0 Å². The second-order valence-corrected chi connectivity index (χ2v) is 6.48. The molecule has 1 aromatic rings. The van der Waals surface area contributed by atoms with Gasteiger partial charge in [-0.1, -0.05) is 12.1 Å². The number of hydrogen-bond donors (Lipinski definition) is 2. The third kappa shape index (κ3) is 5.87. The zero-order valence-electron chi connectivity index (χ0n) is 14.7. The third-order valence-electron chi connectivity index (χ3n) is 4.27. The van der Waals surface area contributed by atoms with Gasteiger partial charge in [-0.05, 0) is 63.1 Å². The molecule has 132 valence electrons. The average Bonchev–Trinajstić information content (AvgIpc) is 2.75. The van der Waals surface area contributed by atoms with Crippen LogP contribution in [0.4, 0.5) is 0 Å². The fourth-order valence-corrected chi connectivity index (χ4v) is 2.78. The molecule has 0 aromatic heterocycles. The summed E-state index contributed by atoms with van der Waals surface area (Å²) in [6, 6.07) is 5.78. The van der Waals surface area contributed by atoms with Crippen LogP contribution in [-0.2, 0) is 9.59 Å². The minimum Gasteiger partial charge on any atom is -0.493 e. The molecule has 5 heteroatoms. The molecule has 1 saturated heterocycles. The highest BCUT2D eigenvalue weighted by Crippen LogP contribution is 2.19. The molecule has 1 aliphatic rings. The van der Waals surface area contributed by atoms with Crippen molar-refractivity contribution >= 4 is 11.8 Å². The summed E-state index contributed by atoms with van der Waals surface area (Å²) in [5.74, 6) is 0.803. The van der Waals surface area contributed by atoms with Crippen LogP contribution in [0.15, 0.2) is 18.2 Å². The Kier molecular flexibility index (Phi) is 7.09. The molecule has 1 aromatic carbocycles. The predicted octanol–water partition coefficient (Wildman–Crippen LogP) is 2.64. The summed E-state index contributed by atoms with van der Waals surface area (Å²) in [6.07, 6.45) is 4.68. The number of rotatable bonds is 7. The second kappa shape index (κ2) is 9.30. The maximum atomic E-state index is 12.0. The van der Waals surface area contributed by atoms with E-state index in [1.807, 2.05) is 19.9 Å². The Hall–Kier alpha value is -2.04. The van der Waals surface area contributed by atoms with Crippen molar-refractivity contribution in [3.63, 3.8) is 0 Å². The first-order chi connectivity index (χ1) is 11.6. The number of unbranched alkanes of at least 4 members (excludes halogenated alkanes) is 1. The van der Waals surface area contributed by atoms with Crippen molar-refractivity contribution in [1.29, 1.82) is 0 Å². The molecule has 1 unspecified atom stereocenters.